The summed E-state index contributed by atoms with van der Waals surface area (Å²) >= 11 is 0. The van der Waals surface area contributed by atoms with Crippen molar-refractivity contribution < 1.29 is 14.1 Å². The molecule has 1 N–H and O–H groups in total. The normalized spacial score (nSPS) is 10.1. The van der Waals surface area contributed by atoms with Crippen molar-refractivity contribution in [3.05, 3.63) is 69.5 Å². The molecule has 0 aliphatic carbocycles. The minimum absolute atomic E-state index is 0.0244. The van der Waals surface area contributed by atoms with Gasteiger partial charge in [-0.1, -0.05) is 18.2 Å². The van der Waals surface area contributed by atoms with Crippen molar-refractivity contribution in [2.45, 2.75) is 6.92 Å². The van der Waals surface area contributed by atoms with E-state index in [0.29, 0.717) is 5.69 Å². The molecule has 0 fully saturated rings. The lowest BCUT2D eigenvalue weighted by atomic mass is 10.1. The molecule has 20 heavy (non-hydrogen) atoms. The summed E-state index contributed by atoms with van der Waals surface area (Å²) in [6.45, 7) is 1.83. The summed E-state index contributed by atoms with van der Waals surface area (Å²) in [7, 11) is 0. The molecule has 2 rings (SSSR count). The number of nitrogens with zero attached hydrogens (tertiary/aromatic N) is 1. The quantitative estimate of drug-likeness (QED) is 0.689. The van der Waals surface area contributed by atoms with E-state index in [2.05, 4.69) is 5.32 Å². The Hall–Kier alpha value is -2.76. The zero-order chi connectivity index (χ0) is 14.7. The maximum Gasteiger partial charge on any atom is 0.304 e. The molecule has 0 spiro atoms. The van der Waals surface area contributed by atoms with Gasteiger partial charge < -0.3 is 5.32 Å². The maximum absolute atomic E-state index is 13.5. The second kappa shape index (κ2) is 5.48. The van der Waals surface area contributed by atoms with Gasteiger partial charge in [0.15, 0.2) is 0 Å². The summed E-state index contributed by atoms with van der Waals surface area (Å²) in [4.78, 5) is 21.6. The van der Waals surface area contributed by atoms with E-state index in [4.69, 9.17) is 0 Å². The van der Waals surface area contributed by atoms with E-state index in [1.165, 1.54) is 6.07 Å². The Bertz CT molecular complexity index is 686. The number of nitro benzene ring substituents is 1. The number of hydrogen-bond donors (Lipinski definition) is 1. The van der Waals surface area contributed by atoms with Gasteiger partial charge in [-0.05, 0) is 30.7 Å². The van der Waals surface area contributed by atoms with Crippen molar-refractivity contribution in [3.8, 4) is 0 Å². The lowest BCUT2D eigenvalue weighted by Gasteiger charge is -2.08. The molecule has 0 heterocycles. The largest absolute Gasteiger partial charge is 0.322 e. The van der Waals surface area contributed by atoms with Crippen LogP contribution in [0.5, 0.6) is 0 Å². The Labute approximate surface area is 114 Å². The first kappa shape index (κ1) is 13.7. The highest BCUT2D eigenvalue weighted by atomic mass is 19.1. The van der Waals surface area contributed by atoms with Crippen molar-refractivity contribution in [2.24, 2.45) is 0 Å². The van der Waals surface area contributed by atoms with E-state index < -0.39 is 22.3 Å². The van der Waals surface area contributed by atoms with Gasteiger partial charge in [0.25, 0.3) is 5.91 Å². The molecule has 0 aliphatic rings. The van der Waals surface area contributed by atoms with Gasteiger partial charge in [-0.2, -0.15) is 4.39 Å². The topological polar surface area (TPSA) is 72.2 Å². The molecular formula is C14H11FN2O3. The highest BCUT2D eigenvalue weighted by molar-refractivity contribution is 6.04. The first-order valence-corrected chi connectivity index (χ1v) is 5.80. The standard InChI is InChI=1S/C14H11FN2O3/c1-9-4-2-3-5-12(9)16-14(18)10-6-7-13(17(19)20)11(15)8-10/h2-8H,1H3,(H,16,18). The van der Waals surface area contributed by atoms with E-state index in [9.17, 15) is 19.3 Å². The Morgan fingerprint density at radius 3 is 2.55 bits per heavy atom. The number of amides is 1. The van der Waals surface area contributed by atoms with Crippen LogP contribution in [0.3, 0.4) is 0 Å². The minimum atomic E-state index is -1.03. The fourth-order valence-corrected chi connectivity index (χ4v) is 1.70. The molecule has 0 aromatic heterocycles. The van der Waals surface area contributed by atoms with E-state index in [-0.39, 0.29) is 5.56 Å². The molecule has 0 bridgehead atoms. The second-order valence-corrected chi connectivity index (χ2v) is 4.19. The molecule has 0 atom stereocenters. The summed E-state index contributed by atoms with van der Waals surface area (Å²) in [6.07, 6.45) is 0. The van der Waals surface area contributed by atoms with Gasteiger partial charge in [0.2, 0.25) is 5.82 Å². The average molecular weight is 274 g/mol. The van der Waals surface area contributed by atoms with Gasteiger partial charge in [-0.3, -0.25) is 14.9 Å². The second-order valence-electron chi connectivity index (χ2n) is 4.19. The predicted molar refractivity (Wildman–Crippen MR) is 72.2 cm³/mol. The van der Waals surface area contributed by atoms with Gasteiger partial charge >= 0.3 is 5.69 Å². The lowest BCUT2D eigenvalue weighted by molar-refractivity contribution is -0.387. The van der Waals surface area contributed by atoms with E-state index in [0.717, 1.165) is 17.7 Å². The highest BCUT2D eigenvalue weighted by Gasteiger charge is 2.16. The fraction of sp³-hybridized carbons (Fsp3) is 0.0714. The Morgan fingerprint density at radius 2 is 1.95 bits per heavy atom. The summed E-state index contributed by atoms with van der Waals surface area (Å²) in [5, 5.41) is 13.1. The first-order chi connectivity index (χ1) is 9.49. The van der Waals surface area contributed by atoms with Gasteiger partial charge in [0, 0.05) is 17.3 Å². The zero-order valence-electron chi connectivity index (χ0n) is 10.6. The van der Waals surface area contributed by atoms with Crippen LogP contribution in [0.1, 0.15) is 15.9 Å². The Morgan fingerprint density at radius 1 is 1.25 bits per heavy atom. The molecule has 6 heteroatoms. The number of halogens is 1. The number of hydrogen-bond acceptors (Lipinski definition) is 3. The molecule has 0 radical (unpaired) electrons. The number of carbonyl (C=O) groups is 1. The number of anilines is 1. The minimum Gasteiger partial charge on any atom is -0.322 e. The molecule has 2 aromatic carbocycles. The number of aryl methyl sites for hydroxylation is 1. The Kier molecular flexibility index (Phi) is 3.74. The summed E-state index contributed by atoms with van der Waals surface area (Å²) in [5.74, 6) is -1.56. The molecular weight excluding hydrogens is 263 g/mol. The number of rotatable bonds is 3. The van der Waals surface area contributed by atoms with Gasteiger partial charge in [0.05, 0.1) is 4.92 Å². The van der Waals surface area contributed by atoms with Crippen molar-refractivity contribution in [3.63, 3.8) is 0 Å². The molecule has 0 unspecified atom stereocenters. The van der Waals surface area contributed by atoms with E-state index in [1.807, 2.05) is 19.1 Å². The number of benzene rings is 2. The number of carbonyl (C=O) groups excluding carboxylic acids is 1. The van der Waals surface area contributed by atoms with Crippen LogP contribution in [0.25, 0.3) is 0 Å². The van der Waals surface area contributed by atoms with Crippen LogP contribution in [0.15, 0.2) is 42.5 Å². The van der Waals surface area contributed by atoms with Crippen molar-refractivity contribution in [2.75, 3.05) is 5.32 Å². The molecule has 1 amide bonds. The summed E-state index contributed by atoms with van der Waals surface area (Å²) in [5.41, 5.74) is 0.841. The third kappa shape index (κ3) is 2.80. The number of para-hydroxylation sites is 1. The van der Waals surface area contributed by atoms with E-state index >= 15 is 0 Å². The number of nitro groups is 1. The highest BCUT2D eigenvalue weighted by Crippen LogP contribution is 2.19. The monoisotopic (exact) mass is 274 g/mol. The predicted octanol–water partition coefficient (Wildman–Crippen LogP) is 3.29. The molecule has 0 saturated carbocycles. The van der Waals surface area contributed by atoms with E-state index in [1.54, 1.807) is 12.1 Å². The zero-order valence-corrected chi connectivity index (χ0v) is 10.6. The van der Waals surface area contributed by atoms with Crippen molar-refractivity contribution in [1.82, 2.24) is 0 Å². The maximum atomic E-state index is 13.5. The molecule has 0 saturated heterocycles. The van der Waals surface area contributed by atoms with Gasteiger partial charge in [0.1, 0.15) is 0 Å². The SMILES string of the molecule is Cc1ccccc1NC(=O)c1ccc([N+](=O)[O-])c(F)c1. The van der Waals surface area contributed by atoms with Crippen LogP contribution in [0.4, 0.5) is 15.8 Å². The molecule has 5 nitrogen and oxygen atoms in total. The van der Waals surface area contributed by atoms with Crippen molar-refractivity contribution in [1.29, 1.82) is 0 Å². The van der Waals surface area contributed by atoms with Crippen LogP contribution in [0, 0.1) is 22.9 Å². The summed E-state index contributed by atoms with van der Waals surface area (Å²) in [6, 6.07) is 10.2. The molecule has 0 aliphatic heterocycles. The van der Waals surface area contributed by atoms with Crippen LogP contribution in [-0.2, 0) is 0 Å². The third-order valence-electron chi connectivity index (χ3n) is 2.80. The van der Waals surface area contributed by atoms with Gasteiger partial charge in [-0.15, -0.1) is 0 Å². The van der Waals surface area contributed by atoms with Gasteiger partial charge in [-0.25, -0.2) is 0 Å². The third-order valence-corrected chi connectivity index (χ3v) is 2.80. The van der Waals surface area contributed by atoms with Crippen LogP contribution in [0.2, 0.25) is 0 Å². The molecule has 2 aromatic rings. The van der Waals surface area contributed by atoms with Crippen LogP contribution in [-0.4, -0.2) is 10.8 Å². The first-order valence-electron chi connectivity index (χ1n) is 5.80. The smallest absolute Gasteiger partial charge is 0.304 e. The van der Waals surface area contributed by atoms with Crippen LogP contribution < -0.4 is 5.32 Å². The summed E-state index contributed by atoms with van der Waals surface area (Å²) < 4.78 is 13.5. The fourth-order valence-electron chi connectivity index (χ4n) is 1.70. The average Bonchev–Trinajstić information content (AvgIpc) is 2.40. The molecule has 102 valence electrons. The van der Waals surface area contributed by atoms with Crippen molar-refractivity contribution >= 4 is 17.3 Å². The Balaban J connectivity index is 2.24. The number of nitrogens with one attached hydrogen (secondary N) is 1. The lowest BCUT2D eigenvalue weighted by Crippen LogP contribution is -2.13. The van der Waals surface area contributed by atoms with Crippen LogP contribution >= 0.6 is 0 Å².